The van der Waals surface area contributed by atoms with E-state index in [9.17, 15) is 0 Å². The molecule has 1 atom stereocenters. The van der Waals surface area contributed by atoms with E-state index in [0.29, 0.717) is 0 Å². The Hall–Kier alpha value is -1.14. The highest BCUT2D eigenvalue weighted by Crippen LogP contribution is 2.31. The molecule has 0 spiro atoms. The predicted molar refractivity (Wildman–Crippen MR) is 83.7 cm³/mol. The van der Waals surface area contributed by atoms with Gasteiger partial charge >= 0.3 is 0 Å². The summed E-state index contributed by atoms with van der Waals surface area (Å²) < 4.78 is 6.32. The van der Waals surface area contributed by atoms with Gasteiger partial charge in [-0.15, -0.1) is 22.7 Å². The van der Waals surface area contributed by atoms with Crippen LogP contribution in [0.5, 0.6) is 0 Å². The first kappa shape index (κ1) is 13.8. The lowest BCUT2D eigenvalue weighted by Gasteiger charge is -2.14. The number of halogens is 1. The summed E-state index contributed by atoms with van der Waals surface area (Å²) in [4.78, 5) is 5.45. The molecule has 0 fully saturated rings. The van der Waals surface area contributed by atoms with Gasteiger partial charge in [-0.2, -0.15) is 0 Å². The number of hydrogen-bond acceptors (Lipinski definition) is 5. The number of thiophene rings is 1. The fourth-order valence-corrected chi connectivity index (χ4v) is 3.72. The summed E-state index contributed by atoms with van der Waals surface area (Å²) in [6, 6.07) is 7.88. The van der Waals surface area contributed by atoms with E-state index in [4.69, 9.17) is 16.0 Å². The van der Waals surface area contributed by atoms with E-state index >= 15 is 0 Å². The van der Waals surface area contributed by atoms with Crippen molar-refractivity contribution in [1.29, 1.82) is 0 Å². The Balaban J connectivity index is 1.70. The molecule has 20 heavy (non-hydrogen) atoms. The molecule has 1 unspecified atom stereocenters. The number of rotatable bonds is 6. The van der Waals surface area contributed by atoms with Gasteiger partial charge in [0.05, 0.1) is 21.8 Å². The molecule has 3 rings (SSSR count). The highest BCUT2D eigenvalue weighted by molar-refractivity contribution is 7.16. The van der Waals surface area contributed by atoms with Gasteiger partial charge in [0.25, 0.3) is 0 Å². The molecule has 3 aromatic rings. The summed E-state index contributed by atoms with van der Waals surface area (Å²) in [5.74, 6) is 0.904. The van der Waals surface area contributed by atoms with Crippen LogP contribution in [0.3, 0.4) is 0 Å². The van der Waals surface area contributed by atoms with Gasteiger partial charge in [0, 0.05) is 23.2 Å². The van der Waals surface area contributed by atoms with E-state index in [1.165, 1.54) is 0 Å². The minimum atomic E-state index is 0.0427. The number of nitrogens with zero attached hydrogens (tertiary/aromatic N) is 1. The molecule has 1 N–H and O–H groups in total. The normalized spacial score (nSPS) is 12.7. The summed E-state index contributed by atoms with van der Waals surface area (Å²) in [5, 5.41) is 5.59. The largest absolute Gasteiger partial charge is 0.467 e. The van der Waals surface area contributed by atoms with Crippen molar-refractivity contribution in [3.8, 4) is 0 Å². The van der Waals surface area contributed by atoms with Crippen LogP contribution < -0.4 is 5.32 Å². The first-order valence-corrected chi connectivity index (χ1v) is 8.36. The van der Waals surface area contributed by atoms with Gasteiger partial charge in [-0.3, -0.25) is 0 Å². The van der Waals surface area contributed by atoms with Crippen LogP contribution in [0.1, 0.15) is 22.4 Å². The van der Waals surface area contributed by atoms with Gasteiger partial charge < -0.3 is 9.73 Å². The Morgan fingerprint density at radius 2 is 2.30 bits per heavy atom. The molecule has 0 radical (unpaired) electrons. The minimum Gasteiger partial charge on any atom is -0.467 e. The molecule has 3 nitrogen and oxygen atoms in total. The average Bonchev–Trinajstić information content (AvgIpc) is 3.17. The van der Waals surface area contributed by atoms with Crippen LogP contribution >= 0.6 is 34.3 Å². The highest BCUT2D eigenvalue weighted by atomic mass is 35.5. The third kappa shape index (κ3) is 3.30. The van der Waals surface area contributed by atoms with Crippen molar-refractivity contribution in [1.82, 2.24) is 10.3 Å². The van der Waals surface area contributed by atoms with E-state index in [0.717, 1.165) is 33.6 Å². The fourth-order valence-electron chi connectivity index (χ4n) is 1.99. The number of hydrogen-bond donors (Lipinski definition) is 1. The van der Waals surface area contributed by atoms with Crippen LogP contribution in [0.25, 0.3) is 0 Å². The summed E-state index contributed by atoms with van der Waals surface area (Å²) in [6.45, 7) is 0.838. The van der Waals surface area contributed by atoms with Crippen molar-refractivity contribution in [2.45, 2.75) is 12.5 Å². The van der Waals surface area contributed by atoms with Crippen molar-refractivity contribution in [2.75, 3.05) is 6.54 Å². The van der Waals surface area contributed by atoms with Gasteiger partial charge in [0.15, 0.2) is 0 Å². The monoisotopic (exact) mass is 324 g/mol. The third-order valence-electron chi connectivity index (χ3n) is 2.92. The molecular formula is C14H13ClN2OS2. The van der Waals surface area contributed by atoms with Crippen LogP contribution in [-0.4, -0.2) is 11.5 Å². The first-order chi connectivity index (χ1) is 9.83. The highest BCUT2D eigenvalue weighted by Gasteiger charge is 2.18. The van der Waals surface area contributed by atoms with Gasteiger partial charge in [0.2, 0.25) is 0 Å². The van der Waals surface area contributed by atoms with Crippen LogP contribution in [0, 0.1) is 0 Å². The van der Waals surface area contributed by atoms with Crippen molar-refractivity contribution < 1.29 is 4.42 Å². The molecule has 3 heterocycles. The topological polar surface area (TPSA) is 38.1 Å². The van der Waals surface area contributed by atoms with E-state index in [1.807, 2.05) is 29.8 Å². The lowest BCUT2D eigenvalue weighted by molar-refractivity contribution is 0.450. The zero-order chi connectivity index (χ0) is 13.8. The predicted octanol–water partition coefficient (Wildman–Crippen LogP) is 4.37. The molecule has 3 aromatic heterocycles. The quantitative estimate of drug-likeness (QED) is 0.731. The second-order valence-corrected chi connectivity index (χ2v) is 6.74. The summed E-state index contributed by atoms with van der Waals surface area (Å²) in [5.41, 5.74) is 2.98. The van der Waals surface area contributed by atoms with Crippen LogP contribution in [0.2, 0.25) is 4.34 Å². The molecule has 0 aliphatic carbocycles. The van der Waals surface area contributed by atoms with Crippen LogP contribution in [0.4, 0.5) is 0 Å². The third-order valence-corrected chi connectivity index (χ3v) is 4.85. The maximum absolute atomic E-state index is 6.03. The Morgan fingerprint density at radius 3 is 2.95 bits per heavy atom. The number of nitrogens with one attached hydrogen (secondary N) is 1. The van der Waals surface area contributed by atoms with Gasteiger partial charge in [-0.25, -0.2) is 4.98 Å². The van der Waals surface area contributed by atoms with Crippen LogP contribution in [-0.2, 0) is 6.42 Å². The minimum absolute atomic E-state index is 0.0427. The molecule has 0 amide bonds. The zero-order valence-corrected chi connectivity index (χ0v) is 13.0. The zero-order valence-electron chi connectivity index (χ0n) is 10.6. The second kappa shape index (κ2) is 6.54. The molecule has 0 aliphatic rings. The Bertz CT molecular complexity index is 634. The standard InChI is InChI=1S/C14H13ClN2OS2/c15-13-4-3-12(20-13)14(11-2-1-7-18-11)16-6-5-10-8-19-9-17-10/h1-4,7-9,14,16H,5-6H2. The van der Waals surface area contributed by atoms with E-state index in [1.54, 1.807) is 28.9 Å². The van der Waals surface area contributed by atoms with Crippen molar-refractivity contribution in [3.05, 3.63) is 62.1 Å². The fraction of sp³-hybridized carbons (Fsp3) is 0.214. The van der Waals surface area contributed by atoms with Crippen LogP contribution in [0.15, 0.2) is 45.8 Å². The molecule has 0 saturated carbocycles. The summed E-state index contributed by atoms with van der Waals surface area (Å²) >= 11 is 9.23. The molecular weight excluding hydrogens is 312 g/mol. The Kier molecular flexibility index (Phi) is 4.52. The van der Waals surface area contributed by atoms with Crippen molar-refractivity contribution in [2.24, 2.45) is 0 Å². The molecule has 0 bridgehead atoms. The summed E-state index contributed by atoms with van der Waals surface area (Å²) in [6.07, 6.45) is 2.60. The summed E-state index contributed by atoms with van der Waals surface area (Å²) in [7, 11) is 0. The average molecular weight is 325 g/mol. The smallest absolute Gasteiger partial charge is 0.126 e. The van der Waals surface area contributed by atoms with E-state index in [2.05, 4.69) is 15.7 Å². The molecule has 104 valence electrons. The van der Waals surface area contributed by atoms with Gasteiger partial charge in [-0.05, 0) is 24.3 Å². The van der Waals surface area contributed by atoms with E-state index < -0.39 is 0 Å². The second-order valence-electron chi connectivity index (χ2n) is 4.27. The van der Waals surface area contributed by atoms with Gasteiger partial charge in [0.1, 0.15) is 11.8 Å². The van der Waals surface area contributed by atoms with E-state index in [-0.39, 0.29) is 6.04 Å². The van der Waals surface area contributed by atoms with Crippen molar-refractivity contribution >= 4 is 34.3 Å². The molecule has 0 saturated heterocycles. The number of aromatic nitrogens is 1. The van der Waals surface area contributed by atoms with Gasteiger partial charge in [-0.1, -0.05) is 11.6 Å². The number of furan rings is 1. The van der Waals surface area contributed by atoms with Crippen molar-refractivity contribution in [3.63, 3.8) is 0 Å². The Labute approximate surface area is 130 Å². The Morgan fingerprint density at radius 1 is 1.35 bits per heavy atom. The molecule has 0 aromatic carbocycles. The SMILES string of the molecule is Clc1ccc(C(NCCc2cscn2)c2ccco2)s1. The number of thiazole rings is 1. The maximum Gasteiger partial charge on any atom is 0.126 e. The first-order valence-electron chi connectivity index (χ1n) is 6.22. The molecule has 6 heteroatoms. The lowest BCUT2D eigenvalue weighted by atomic mass is 10.2. The lowest BCUT2D eigenvalue weighted by Crippen LogP contribution is -2.23. The molecule has 0 aliphatic heterocycles. The maximum atomic E-state index is 6.03.